The minimum atomic E-state index is -4.71. The van der Waals surface area contributed by atoms with Crippen LogP contribution in [0, 0.1) is 0 Å². The highest BCUT2D eigenvalue weighted by atomic mass is 31.2. The van der Waals surface area contributed by atoms with Crippen LogP contribution in [0.15, 0.2) is 54.6 Å². The Hall–Kier alpha value is -1.46. The number of benzene rings is 2. The van der Waals surface area contributed by atoms with E-state index in [-0.39, 0.29) is 5.56 Å². The van der Waals surface area contributed by atoms with Crippen LogP contribution in [0.4, 0.5) is 0 Å². The van der Waals surface area contributed by atoms with Crippen molar-refractivity contribution in [3.8, 4) is 5.75 Å². The Kier molecular flexibility index (Phi) is 5.99. The van der Waals surface area contributed by atoms with E-state index < -0.39 is 27.0 Å². The number of rotatable bonds is 7. The number of hydrogen-bond acceptors (Lipinski definition) is 3. The summed E-state index contributed by atoms with van der Waals surface area (Å²) in [4.78, 5) is 36.7. The molecule has 9 heteroatoms. The fourth-order valence-electron chi connectivity index (χ4n) is 2.16. The Balaban J connectivity index is 2.11. The first kappa shape index (κ1) is 18.9. The number of hydrogen-bond donors (Lipinski definition) is 4. The maximum absolute atomic E-state index is 11.5. The third-order valence-electron chi connectivity index (χ3n) is 3.33. The molecule has 0 aliphatic rings. The predicted octanol–water partition coefficient (Wildman–Crippen LogP) is 2.66. The van der Waals surface area contributed by atoms with Gasteiger partial charge in [0.25, 0.3) is 0 Å². The molecule has 2 aromatic rings. The lowest BCUT2D eigenvalue weighted by Gasteiger charge is -2.19. The van der Waals surface area contributed by atoms with Gasteiger partial charge < -0.3 is 24.3 Å². The fraction of sp³-hybridized carbons (Fsp3) is 0.200. The molecule has 0 saturated heterocycles. The molecule has 0 aliphatic carbocycles. The molecule has 0 aromatic heterocycles. The van der Waals surface area contributed by atoms with Gasteiger partial charge in [-0.05, 0) is 23.3 Å². The quantitative estimate of drug-likeness (QED) is 0.551. The van der Waals surface area contributed by atoms with Crippen molar-refractivity contribution in [1.29, 1.82) is 0 Å². The lowest BCUT2D eigenvalue weighted by molar-refractivity contribution is 0.306. The van der Waals surface area contributed by atoms with Crippen LogP contribution in [0.5, 0.6) is 5.75 Å². The van der Waals surface area contributed by atoms with Crippen LogP contribution in [0.1, 0.15) is 16.8 Å². The van der Waals surface area contributed by atoms with Gasteiger partial charge in [-0.3, -0.25) is 9.13 Å². The van der Waals surface area contributed by atoms with Gasteiger partial charge in [0, 0.05) is 0 Å². The van der Waals surface area contributed by atoms with Crippen molar-refractivity contribution in [3.63, 3.8) is 0 Å². The minimum absolute atomic E-state index is 0.152. The third kappa shape index (κ3) is 5.87. The summed E-state index contributed by atoms with van der Waals surface area (Å²) in [5, 5.41) is 0. The Morgan fingerprint density at radius 3 is 1.96 bits per heavy atom. The second-order valence-corrected chi connectivity index (χ2v) is 8.79. The Morgan fingerprint density at radius 1 is 0.875 bits per heavy atom. The van der Waals surface area contributed by atoms with Crippen molar-refractivity contribution in [1.82, 2.24) is 0 Å². The van der Waals surface area contributed by atoms with Gasteiger partial charge in [0.1, 0.15) is 12.4 Å². The molecule has 4 N–H and O–H groups in total. The van der Waals surface area contributed by atoms with Crippen LogP contribution in [0.2, 0.25) is 0 Å². The molecule has 7 nitrogen and oxygen atoms in total. The van der Waals surface area contributed by atoms with Gasteiger partial charge in [0.05, 0.1) is 11.8 Å². The summed E-state index contributed by atoms with van der Waals surface area (Å²) in [6, 6.07) is 15.3. The van der Waals surface area contributed by atoms with Gasteiger partial charge in [-0.2, -0.15) is 0 Å². The zero-order valence-corrected chi connectivity index (χ0v) is 14.4. The molecule has 0 bridgehead atoms. The lowest BCUT2D eigenvalue weighted by Crippen LogP contribution is -2.06. The highest BCUT2D eigenvalue weighted by molar-refractivity contribution is 7.56. The molecule has 0 heterocycles. The van der Waals surface area contributed by atoms with Crippen molar-refractivity contribution in [2.75, 3.05) is 6.16 Å². The molecule has 0 radical (unpaired) electrons. The summed E-state index contributed by atoms with van der Waals surface area (Å²) in [5.74, 6) is 0.489. The normalized spacial score (nSPS) is 13.5. The zero-order chi connectivity index (χ0) is 17.8. The highest BCUT2D eigenvalue weighted by Crippen LogP contribution is 2.57. The third-order valence-corrected chi connectivity index (χ3v) is 5.75. The molecule has 0 aliphatic heterocycles. The van der Waals surface area contributed by atoms with Gasteiger partial charge in [-0.15, -0.1) is 0 Å². The van der Waals surface area contributed by atoms with Crippen LogP contribution in [0.3, 0.4) is 0 Å². The summed E-state index contributed by atoms with van der Waals surface area (Å²) in [5.41, 5.74) is -0.434. The first-order valence-electron chi connectivity index (χ1n) is 7.01. The van der Waals surface area contributed by atoms with Crippen LogP contribution in [-0.2, 0) is 15.7 Å². The fourth-order valence-corrected chi connectivity index (χ4v) is 4.87. The molecule has 0 amide bonds. The maximum atomic E-state index is 11.5. The van der Waals surface area contributed by atoms with Crippen molar-refractivity contribution < 1.29 is 33.4 Å². The first-order valence-corrected chi connectivity index (χ1v) is 10.5. The van der Waals surface area contributed by atoms with Gasteiger partial charge in [0.15, 0.2) is 0 Å². The second-order valence-electron chi connectivity index (χ2n) is 5.30. The molecular weight excluding hydrogens is 354 g/mol. The Labute approximate surface area is 139 Å². The molecule has 2 rings (SSSR count). The highest BCUT2D eigenvalue weighted by Gasteiger charge is 2.36. The van der Waals surface area contributed by atoms with Crippen LogP contribution in [-0.4, -0.2) is 25.7 Å². The zero-order valence-electron chi connectivity index (χ0n) is 12.6. The topological polar surface area (TPSA) is 124 Å². The van der Waals surface area contributed by atoms with E-state index in [1.165, 1.54) is 24.3 Å². The molecule has 1 atom stereocenters. The summed E-state index contributed by atoms with van der Waals surface area (Å²) < 4.78 is 28.2. The Bertz CT molecular complexity index is 749. The standard InChI is InChI=1S/C15H18O7P2/c16-23(17,18)11-15(24(19,20)21)13-6-8-14(9-7-13)22-10-12-4-2-1-3-5-12/h1-9,15H,10-11H2,(H2,16,17,18)(H2,19,20,21). The van der Waals surface area contributed by atoms with Gasteiger partial charge >= 0.3 is 15.2 Å². The van der Waals surface area contributed by atoms with E-state index in [4.69, 9.17) is 14.5 Å². The summed E-state index contributed by atoms with van der Waals surface area (Å²) in [6.07, 6.45) is -0.915. The van der Waals surface area contributed by atoms with Gasteiger partial charge in [0.2, 0.25) is 0 Å². The van der Waals surface area contributed by atoms with Crippen LogP contribution in [0.25, 0.3) is 0 Å². The summed E-state index contributed by atoms with van der Waals surface area (Å²) in [6.45, 7) is 0.338. The van der Waals surface area contributed by atoms with Crippen molar-refractivity contribution in [3.05, 3.63) is 65.7 Å². The monoisotopic (exact) mass is 372 g/mol. The van der Waals surface area contributed by atoms with E-state index in [9.17, 15) is 18.9 Å². The molecule has 130 valence electrons. The predicted molar refractivity (Wildman–Crippen MR) is 88.9 cm³/mol. The lowest BCUT2D eigenvalue weighted by atomic mass is 10.1. The molecular formula is C15H18O7P2. The van der Waals surface area contributed by atoms with Gasteiger partial charge in [-0.1, -0.05) is 42.5 Å². The van der Waals surface area contributed by atoms with Crippen molar-refractivity contribution in [2.45, 2.75) is 12.3 Å². The van der Waals surface area contributed by atoms with E-state index in [1.807, 2.05) is 30.3 Å². The van der Waals surface area contributed by atoms with Crippen molar-refractivity contribution in [2.24, 2.45) is 0 Å². The Morgan fingerprint density at radius 2 is 1.46 bits per heavy atom. The SMILES string of the molecule is O=P(O)(O)CC(c1ccc(OCc2ccccc2)cc1)P(=O)(O)O. The molecule has 0 fully saturated rings. The second kappa shape index (κ2) is 7.62. The van der Waals surface area contributed by atoms with Crippen molar-refractivity contribution >= 4 is 15.2 Å². The van der Waals surface area contributed by atoms with E-state index >= 15 is 0 Å². The maximum Gasteiger partial charge on any atom is 0.333 e. The van der Waals surface area contributed by atoms with Crippen LogP contribution >= 0.6 is 15.2 Å². The van der Waals surface area contributed by atoms with E-state index in [2.05, 4.69) is 0 Å². The molecule has 24 heavy (non-hydrogen) atoms. The smallest absolute Gasteiger partial charge is 0.333 e. The largest absolute Gasteiger partial charge is 0.489 e. The van der Waals surface area contributed by atoms with E-state index in [0.29, 0.717) is 12.4 Å². The average molecular weight is 372 g/mol. The van der Waals surface area contributed by atoms with Crippen LogP contribution < -0.4 is 4.74 Å². The molecule has 0 spiro atoms. The van der Waals surface area contributed by atoms with Gasteiger partial charge in [-0.25, -0.2) is 0 Å². The first-order chi connectivity index (χ1) is 11.1. The summed E-state index contributed by atoms with van der Waals surface area (Å²) in [7, 11) is -9.28. The van der Waals surface area contributed by atoms with E-state index in [1.54, 1.807) is 0 Å². The number of ether oxygens (including phenoxy) is 1. The summed E-state index contributed by atoms with van der Waals surface area (Å²) >= 11 is 0. The molecule has 2 aromatic carbocycles. The average Bonchev–Trinajstić information content (AvgIpc) is 2.50. The molecule has 1 unspecified atom stereocenters. The minimum Gasteiger partial charge on any atom is -0.489 e. The molecule has 0 saturated carbocycles. The van der Waals surface area contributed by atoms with E-state index in [0.717, 1.165) is 5.56 Å².